The molecular weight excluding hydrogens is 286 g/mol. The molecule has 1 N–H and O–H groups in total. The summed E-state index contributed by atoms with van der Waals surface area (Å²) in [4.78, 5) is 41.5. The van der Waals surface area contributed by atoms with Gasteiger partial charge in [0, 0.05) is 18.9 Å². The van der Waals surface area contributed by atoms with Gasteiger partial charge in [-0.2, -0.15) is 0 Å². The third-order valence-corrected chi connectivity index (χ3v) is 3.89. The van der Waals surface area contributed by atoms with Crippen molar-refractivity contribution in [2.24, 2.45) is 0 Å². The Balaban J connectivity index is 2.05. The Morgan fingerprint density at radius 1 is 1.41 bits per heavy atom. The van der Waals surface area contributed by atoms with Crippen LogP contribution in [0.2, 0.25) is 0 Å². The molecule has 0 spiro atoms. The molecule has 1 aliphatic heterocycles. The highest BCUT2D eigenvalue weighted by Gasteiger charge is 2.35. The molecular formula is C15H15N3O4. The summed E-state index contributed by atoms with van der Waals surface area (Å²) in [5.74, 6) is -1.62. The Hall–Kier alpha value is -2.70. The number of amides is 1. The van der Waals surface area contributed by atoms with Crippen molar-refractivity contribution < 1.29 is 14.7 Å². The number of aryl methyl sites for hydroxylation is 1. The monoisotopic (exact) mass is 301 g/mol. The summed E-state index contributed by atoms with van der Waals surface area (Å²) in [6, 6.07) is 2.62. The molecule has 1 saturated heterocycles. The summed E-state index contributed by atoms with van der Waals surface area (Å²) in [6.45, 7) is 2.22. The van der Waals surface area contributed by atoms with Crippen LogP contribution in [-0.4, -0.2) is 43.9 Å². The number of nitrogens with zero attached hydrogens (tertiary/aromatic N) is 3. The van der Waals surface area contributed by atoms with Crippen LogP contribution >= 0.6 is 0 Å². The van der Waals surface area contributed by atoms with Gasteiger partial charge in [0.1, 0.15) is 17.3 Å². The van der Waals surface area contributed by atoms with Gasteiger partial charge in [0.05, 0.1) is 0 Å². The highest BCUT2D eigenvalue weighted by molar-refractivity contribution is 5.96. The van der Waals surface area contributed by atoms with Crippen molar-refractivity contribution >= 4 is 17.5 Å². The molecule has 1 amide bonds. The van der Waals surface area contributed by atoms with Crippen molar-refractivity contribution in [1.82, 2.24) is 14.3 Å². The van der Waals surface area contributed by atoms with Gasteiger partial charge in [-0.25, -0.2) is 9.78 Å². The fourth-order valence-electron chi connectivity index (χ4n) is 2.74. The Kier molecular flexibility index (Phi) is 3.40. The van der Waals surface area contributed by atoms with E-state index in [-0.39, 0.29) is 5.56 Å². The molecule has 3 rings (SSSR count). The number of fused-ring (bicyclic) bond motifs is 1. The van der Waals surface area contributed by atoms with Crippen LogP contribution in [0.15, 0.2) is 29.3 Å². The number of carbonyl (C=O) groups excluding carboxylic acids is 1. The third-order valence-electron chi connectivity index (χ3n) is 3.89. The highest BCUT2D eigenvalue weighted by atomic mass is 16.4. The first-order valence-electron chi connectivity index (χ1n) is 7.01. The minimum atomic E-state index is -1.05. The molecule has 1 unspecified atom stereocenters. The molecule has 7 heteroatoms. The van der Waals surface area contributed by atoms with E-state index in [0.29, 0.717) is 25.0 Å². The average molecular weight is 301 g/mol. The Morgan fingerprint density at radius 3 is 2.91 bits per heavy atom. The SMILES string of the molecule is Cc1ccn2c(=O)c(C(=O)N3CCCC3C(=O)O)cnc2c1. The van der Waals surface area contributed by atoms with E-state index in [2.05, 4.69) is 4.98 Å². The van der Waals surface area contributed by atoms with Gasteiger partial charge in [0.15, 0.2) is 0 Å². The number of carboxylic acids is 1. The number of hydrogen-bond acceptors (Lipinski definition) is 4. The van der Waals surface area contributed by atoms with Gasteiger partial charge in [-0.1, -0.05) is 0 Å². The Morgan fingerprint density at radius 2 is 2.18 bits per heavy atom. The topological polar surface area (TPSA) is 92.0 Å². The van der Waals surface area contributed by atoms with Crippen LogP contribution in [0.1, 0.15) is 28.8 Å². The lowest BCUT2D eigenvalue weighted by atomic mass is 10.2. The smallest absolute Gasteiger partial charge is 0.326 e. The lowest BCUT2D eigenvalue weighted by Crippen LogP contribution is -2.42. The molecule has 1 fully saturated rings. The first-order chi connectivity index (χ1) is 10.5. The van der Waals surface area contributed by atoms with E-state index in [1.807, 2.05) is 6.92 Å². The maximum atomic E-state index is 12.5. The van der Waals surface area contributed by atoms with Crippen molar-refractivity contribution in [2.75, 3.05) is 6.54 Å². The quantitative estimate of drug-likeness (QED) is 0.881. The maximum absolute atomic E-state index is 12.5. The van der Waals surface area contributed by atoms with Gasteiger partial charge < -0.3 is 10.0 Å². The van der Waals surface area contributed by atoms with Crippen molar-refractivity contribution in [3.8, 4) is 0 Å². The van der Waals surface area contributed by atoms with Crippen molar-refractivity contribution in [3.05, 3.63) is 46.0 Å². The number of aromatic nitrogens is 2. The summed E-state index contributed by atoms with van der Waals surface area (Å²) in [7, 11) is 0. The van der Waals surface area contributed by atoms with Crippen LogP contribution in [-0.2, 0) is 4.79 Å². The summed E-state index contributed by atoms with van der Waals surface area (Å²) in [5, 5.41) is 9.16. The number of rotatable bonds is 2. The minimum Gasteiger partial charge on any atom is -0.480 e. The number of pyridine rings is 1. The second kappa shape index (κ2) is 5.25. The van der Waals surface area contributed by atoms with Gasteiger partial charge in [0.2, 0.25) is 0 Å². The predicted octanol–water partition coefficient (Wildman–Crippen LogP) is 0.692. The Bertz CT molecular complexity index is 827. The van der Waals surface area contributed by atoms with Crippen LogP contribution in [0.4, 0.5) is 0 Å². The van der Waals surface area contributed by atoms with Crippen molar-refractivity contribution in [1.29, 1.82) is 0 Å². The fraction of sp³-hybridized carbons (Fsp3) is 0.333. The van der Waals surface area contributed by atoms with E-state index in [9.17, 15) is 14.4 Å². The summed E-state index contributed by atoms with van der Waals surface area (Å²) < 4.78 is 1.30. The molecule has 0 radical (unpaired) electrons. The zero-order valence-electron chi connectivity index (χ0n) is 12.0. The van der Waals surface area contributed by atoms with Gasteiger partial charge in [-0.05, 0) is 37.5 Å². The molecule has 22 heavy (non-hydrogen) atoms. The normalized spacial score (nSPS) is 17.9. The van der Waals surface area contributed by atoms with Crippen molar-refractivity contribution in [2.45, 2.75) is 25.8 Å². The zero-order chi connectivity index (χ0) is 15.9. The average Bonchev–Trinajstić information content (AvgIpc) is 2.96. The van der Waals surface area contributed by atoms with Crippen LogP contribution in [0.3, 0.4) is 0 Å². The van der Waals surface area contributed by atoms with Gasteiger partial charge in [-0.3, -0.25) is 14.0 Å². The number of likely N-dealkylation sites (tertiary alicyclic amines) is 1. The van der Waals surface area contributed by atoms with Gasteiger partial charge >= 0.3 is 5.97 Å². The molecule has 3 heterocycles. The highest BCUT2D eigenvalue weighted by Crippen LogP contribution is 2.19. The molecule has 0 aliphatic carbocycles. The second-order valence-corrected chi connectivity index (χ2v) is 5.40. The molecule has 1 aliphatic rings. The maximum Gasteiger partial charge on any atom is 0.326 e. The minimum absolute atomic E-state index is 0.102. The van der Waals surface area contributed by atoms with E-state index >= 15 is 0 Å². The fourth-order valence-corrected chi connectivity index (χ4v) is 2.74. The lowest BCUT2D eigenvalue weighted by Gasteiger charge is -2.21. The first-order valence-corrected chi connectivity index (χ1v) is 7.01. The molecule has 7 nitrogen and oxygen atoms in total. The first kappa shape index (κ1) is 14.2. The molecule has 0 saturated carbocycles. The van der Waals surface area contributed by atoms with E-state index in [1.165, 1.54) is 15.5 Å². The molecule has 1 atom stereocenters. The van der Waals surface area contributed by atoms with E-state index in [0.717, 1.165) is 5.56 Å². The van der Waals surface area contributed by atoms with Crippen molar-refractivity contribution in [3.63, 3.8) is 0 Å². The van der Waals surface area contributed by atoms with Crippen LogP contribution in [0, 0.1) is 6.92 Å². The van der Waals surface area contributed by atoms with Gasteiger partial charge in [0.25, 0.3) is 11.5 Å². The zero-order valence-corrected chi connectivity index (χ0v) is 12.0. The summed E-state index contributed by atoms with van der Waals surface area (Å²) in [6.07, 6.45) is 3.82. The standard InChI is InChI=1S/C15H15N3O4/c1-9-4-6-18-12(7-9)16-8-10(14(18)20)13(19)17-5-2-3-11(17)15(21)22/h4,6-8,11H,2-3,5H2,1H3,(H,21,22). The van der Waals surface area contributed by atoms with E-state index in [1.54, 1.807) is 18.3 Å². The molecule has 0 aromatic carbocycles. The summed E-state index contributed by atoms with van der Waals surface area (Å²) in [5.41, 5.74) is 0.828. The largest absolute Gasteiger partial charge is 0.480 e. The van der Waals surface area contributed by atoms with Crippen LogP contribution in [0.25, 0.3) is 5.65 Å². The van der Waals surface area contributed by atoms with E-state index < -0.39 is 23.5 Å². The van der Waals surface area contributed by atoms with E-state index in [4.69, 9.17) is 5.11 Å². The lowest BCUT2D eigenvalue weighted by molar-refractivity contribution is -0.141. The number of carboxylic acid groups (broad SMARTS) is 1. The van der Waals surface area contributed by atoms with Crippen LogP contribution < -0.4 is 5.56 Å². The third kappa shape index (κ3) is 2.24. The molecule has 114 valence electrons. The molecule has 2 aromatic heterocycles. The second-order valence-electron chi connectivity index (χ2n) is 5.40. The number of carbonyl (C=O) groups is 2. The van der Waals surface area contributed by atoms with Crippen LogP contribution in [0.5, 0.6) is 0 Å². The number of aliphatic carboxylic acids is 1. The predicted molar refractivity (Wildman–Crippen MR) is 77.9 cm³/mol. The molecule has 2 aromatic rings. The van der Waals surface area contributed by atoms with Gasteiger partial charge in [-0.15, -0.1) is 0 Å². The number of hydrogen-bond donors (Lipinski definition) is 1. The Labute approximate surface area is 125 Å². The summed E-state index contributed by atoms with van der Waals surface area (Å²) >= 11 is 0. The molecule has 0 bridgehead atoms.